The van der Waals surface area contributed by atoms with Crippen LogP contribution in [0.15, 0.2) is 30.5 Å². The molecule has 1 aromatic heterocycles. The van der Waals surface area contributed by atoms with Crippen LogP contribution in [0, 0.1) is 6.92 Å². The average molecular weight is 204 g/mol. The van der Waals surface area contributed by atoms with E-state index in [4.69, 9.17) is 0 Å². The van der Waals surface area contributed by atoms with Crippen molar-refractivity contribution in [2.45, 2.75) is 6.92 Å². The lowest BCUT2D eigenvalue weighted by atomic mass is 10.1. The summed E-state index contributed by atoms with van der Waals surface area (Å²) in [6.45, 7) is 1.96. The number of carbonyl (C=O) groups is 1. The molecule has 2 rings (SSSR count). The van der Waals surface area contributed by atoms with E-state index in [1.54, 1.807) is 6.07 Å². The van der Waals surface area contributed by atoms with Crippen molar-refractivity contribution in [3.05, 3.63) is 46.5 Å². The first kappa shape index (κ1) is 9.02. The number of hydrogen-bond acceptors (Lipinski definition) is 4. The maximum atomic E-state index is 11.8. The molecule has 0 spiro atoms. The van der Waals surface area contributed by atoms with E-state index in [0.29, 0.717) is 10.4 Å². The van der Waals surface area contributed by atoms with Gasteiger partial charge in [0.15, 0.2) is 0 Å². The second-order valence-corrected chi connectivity index (χ2v) is 3.77. The standard InChI is InChI=1S/C10H8N2OS/c1-7-3-2-4-8(5-7)10(13)9-6-11-12-14-9/h2-6H,1H3. The van der Waals surface area contributed by atoms with Gasteiger partial charge in [-0.05, 0) is 24.5 Å². The number of aromatic nitrogens is 2. The fourth-order valence-electron chi connectivity index (χ4n) is 1.20. The Labute approximate surface area is 85.6 Å². The minimum Gasteiger partial charge on any atom is -0.288 e. The minimum atomic E-state index is -0.0105. The summed E-state index contributed by atoms with van der Waals surface area (Å²) in [6, 6.07) is 7.50. The van der Waals surface area contributed by atoms with Gasteiger partial charge in [-0.3, -0.25) is 4.79 Å². The molecule has 1 aromatic carbocycles. The Hall–Kier alpha value is -1.55. The molecule has 0 amide bonds. The maximum Gasteiger partial charge on any atom is 0.206 e. The Bertz CT molecular complexity index is 451. The number of ketones is 1. The number of aryl methyl sites for hydroxylation is 1. The van der Waals surface area contributed by atoms with E-state index in [-0.39, 0.29) is 5.78 Å². The lowest BCUT2D eigenvalue weighted by molar-refractivity contribution is 0.104. The van der Waals surface area contributed by atoms with Gasteiger partial charge in [0.2, 0.25) is 5.78 Å². The SMILES string of the molecule is Cc1cccc(C(=O)c2cnns2)c1. The van der Waals surface area contributed by atoms with Crippen LogP contribution in [0.1, 0.15) is 20.8 Å². The lowest BCUT2D eigenvalue weighted by Crippen LogP contribution is -1.98. The Morgan fingerprint density at radius 1 is 1.43 bits per heavy atom. The number of benzene rings is 1. The average Bonchev–Trinajstić information content (AvgIpc) is 2.69. The van der Waals surface area contributed by atoms with E-state index >= 15 is 0 Å². The second kappa shape index (κ2) is 3.67. The van der Waals surface area contributed by atoms with Crippen molar-refractivity contribution in [3.63, 3.8) is 0 Å². The first-order valence-corrected chi connectivity index (χ1v) is 4.93. The van der Waals surface area contributed by atoms with Gasteiger partial charge in [-0.2, -0.15) is 0 Å². The second-order valence-electron chi connectivity index (χ2n) is 2.98. The molecule has 0 fully saturated rings. The van der Waals surface area contributed by atoms with Gasteiger partial charge in [-0.15, -0.1) is 5.10 Å². The van der Waals surface area contributed by atoms with Crippen LogP contribution < -0.4 is 0 Å². The highest BCUT2D eigenvalue weighted by Gasteiger charge is 2.10. The summed E-state index contributed by atoms with van der Waals surface area (Å²) in [5.74, 6) is -0.0105. The van der Waals surface area contributed by atoms with Gasteiger partial charge in [-0.1, -0.05) is 28.3 Å². The van der Waals surface area contributed by atoms with E-state index in [2.05, 4.69) is 9.59 Å². The van der Waals surface area contributed by atoms with E-state index in [1.165, 1.54) is 6.20 Å². The number of rotatable bonds is 2. The summed E-state index contributed by atoms with van der Waals surface area (Å²) < 4.78 is 3.66. The van der Waals surface area contributed by atoms with Crippen LogP contribution in [0.4, 0.5) is 0 Å². The molecule has 0 atom stereocenters. The molecule has 3 nitrogen and oxygen atoms in total. The molecule has 0 unspecified atom stereocenters. The zero-order valence-corrected chi connectivity index (χ0v) is 8.41. The van der Waals surface area contributed by atoms with Crippen molar-refractivity contribution < 1.29 is 4.79 Å². The Balaban J connectivity index is 2.37. The highest BCUT2D eigenvalue weighted by molar-refractivity contribution is 7.08. The lowest BCUT2D eigenvalue weighted by Gasteiger charge is -1.97. The van der Waals surface area contributed by atoms with Crippen molar-refractivity contribution in [1.82, 2.24) is 9.59 Å². The van der Waals surface area contributed by atoms with Crippen molar-refractivity contribution in [2.24, 2.45) is 0 Å². The third-order valence-corrected chi connectivity index (χ3v) is 2.53. The van der Waals surface area contributed by atoms with Gasteiger partial charge in [0.1, 0.15) is 4.88 Å². The molecule has 0 bridgehead atoms. The first-order chi connectivity index (χ1) is 6.77. The van der Waals surface area contributed by atoms with Gasteiger partial charge in [0, 0.05) is 5.56 Å². The summed E-state index contributed by atoms with van der Waals surface area (Å²) in [5.41, 5.74) is 1.77. The van der Waals surface area contributed by atoms with Gasteiger partial charge in [0.25, 0.3) is 0 Å². The van der Waals surface area contributed by atoms with E-state index in [1.807, 2.05) is 25.1 Å². The number of hydrogen-bond donors (Lipinski definition) is 0. The molecule has 0 saturated heterocycles. The van der Waals surface area contributed by atoms with Crippen LogP contribution in [-0.4, -0.2) is 15.4 Å². The zero-order valence-electron chi connectivity index (χ0n) is 7.60. The Morgan fingerprint density at radius 3 is 2.93 bits per heavy atom. The predicted octanol–water partition coefficient (Wildman–Crippen LogP) is 2.08. The molecule has 70 valence electrons. The van der Waals surface area contributed by atoms with Crippen molar-refractivity contribution in [1.29, 1.82) is 0 Å². The van der Waals surface area contributed by atoms with Gasteiger partial charge >= 0.3 is 0 Å². The predicted molar refractivity (Wildman–Crippen MR) is 54.5 cm³/mol. The van der Waals surface area contributed by atoms with Crippen LogP contribution >= 0.6 is 11.5 Å². The highest BCUT2D eigenvalue weighted by Crippen LogP contribution is 2.12. The maximum absolute atomic E-state index is 11.8. The summed E-state index contributed by atoms with van der Waals surface area (Å²) in [4.78, 5) is 12.4. The molecule has 4 heteroatoms. The normalized spacial score (nSPS) is 10.1. The molecule has 0 aliphatic carbocycles. The molecular weight excluding hydrogens is 196 g/mol. The van der Waals surface area contributed by atoms with Crippen molar-refractivity contribution in [3.8, 4) is 0 Å². The number of carbonyl (C=O) groups excluding carboxylic acids is 1. The summed E-state index contributed by atoms with van der Waals surface area (Å²) >= 11 is 1.12. The molecule has 0 aliphatic rings. The van der Waals surface area contributed by atoms with Crippen LogP contribution in [0.5, 0.6) is 0 Å². The third kappa shape index (κ3) is 1.70. The molecular formula is C10H8N2OS. The monoisotopic (exact) mass is 204 g/mol. The summed E-state index contributed by atoms with van der Waals surface area (Å²) in [5, 5.41) is 3.64. The fourth-order valence-corrected chi connectivity index (χ4v) is 1.67. The van der Waals surface area contributed by atoms with Gasteiger partial charge in [-0.25, -0.2) is 0 Å². The molecule has 0 saturated carbocycles. The summed E-state index contributed by atoms with van der Waals surface area (Å²) in [7, 11) is 0. The fraction of sp³-hybridized carbons (Fsp3) is 0.100. The van der Waals surface area contributed by atoms with Crippen LogP contribution in [0.3, 0.4) is 0 Å². The van der Waals surface area contributed by atoms with Gasteiger partial charge in [0.05, 0.1) is 6.20 Å². The molecule has 0 N–H and O–H groups in total. The molecule has 0 aliphatic heterocycles. The first-order valence-electron chi connectivity index (χ1n) is 4.16. The van der Waals surface area contributed by atoms with E-state index < -0.39 is 0 Å². The number of nitrogens with zero attached hydrogens (tertiary/aromatic N) is 2. The largest absolute Gasteiger partial charge is 0.288 e. The highest BCUT2D eigenvalue weighted by atomic mass is 32.1. The quantitative estimate of drug-likeness (QED) is 0.703. The van der Waals surface area contributed by atoms with Crippen molar-refractivity contribution in [2.75, 3.05) is 0 Å². The summed E-state index contributed by atoms with van der Waals surface area (Å²) in [6.07, 6.45) is 1.50. The Kier molecular flexibility index (Phi) is 2.37. The van der Waals surface area contributed by atoms with Gasteiger partial charge < -0.3 is 0 Å². The van der Waals surface area contributed by atoms with E-state index in [9.17, 15) is 4.79 Å². The molecule has 14 heavy (non-hydrogen) atoms. The minimum absolute atomic E-state index is 0.0105. The Morgan fingerprint density at radius 2 is 2.29 bits per heavy atom. The molecule has 0 radical (unpaired) electrons. The van der Waals surface area contributed by atoms with Crippen LogP contribution in [-0.2, 0) is 0 Å². The zero-order chi connectivity index (χ0) is 9.97. The topological polar surface area (TPSA) is 42.9 Å². The third-order valence-electron chi connectivity index (χ3n) is 1.87. The smallest absolute Gasteiger partial charge is 0.206 e. The van der Waals surface area contributed by atoms with Crippen molar-refractivity contribution >= 4 is 17.3 Å². The molecule has 2 aromatic rings. The van der Waals surface area contributed by atoms with Crippen LogP contribution in [0.2, 0.25) is 0 Å². The van der Waals surface area contributed by atoms with Crippen LogP contribution in [0.25, 0.3) is 0 Å². The molecule has 1 heterocycles. The van der Waals surface area contributed by atoms with E-state index in [0.717, 1.165) is 17.1 Å².